The van der Waals surface area contributed by atoms with E-state index in [4.69, 9.17) is 5.41 Å². The van der Waals surface area contributed by atoms with Gasteiger partial charge >= 0.3 is 0 Å². The van der Waals surface area contributed by atoms with E-state index in [1.807, 2.05) is 43.3 Å². The standard InChI is InChI=1S/C28H33F2N3O2/c1-5-12-24(29)19-25(30)17-11-18-26(34)32-20-27(35)33(4)22(3)14-10-9-13-21(2)28(31)23-15-7-6-8-16-23/h5-10,12-17,19,31H,11,18,20H2,1-4H3,(H,32,34)/b10-9-,12-5-,21-13+,22-14+,24-19+,25-17-,31-28?. The molecule has 0 radical (unpaired) electrons. The molecule has 7 heteroatoms. The van der Waals surface area contributed by atoms with Gasteiger partial charge in [-0.3, -0.25) is 15.0 Å². The van der Waals surface area contributed by atoms with Crippen LogP contribution in [0.3, 0.4) is 0 Å². The molecule has 1 aromatic rings. The number of carbonyl (C=O) groups is 2. The summed E-state index contributed by atoms with van der Waals surface area (Å²) in [6, 6.07) is 9.44. The molecular formula is C28H33F2N3O2. The van der Waals surface area contributed by atoms with E-state index in [-0.39, 0.29) is 25.3 Å². The van der Waals surface area contributed by atoms with Crippen LogP contribution in [-0.2, 0) is 9.59 Å². The fourth-order valence-corrected chi connectivity index (χ4v) is 2.74. The molecule has 2 amide bonds. The molecular weight excluding hydrogens is 448 g/mol. The molecule has 0 heterocycles. The monoisotopic (exact) mass is 481 g/mol. The fraction of sp³-hybridized carbons (Fsp3) is 0.250. The van der Waals surface area contributed by atoms with Gasteiger partial charge in [0.05, 0.1) is 12.3 Å². The summed E-state index contributed by atoms with van der Waals surface area (Å²) >= 11 is 0. The smallest absolute Gasteiger partial charge is 0.245 e. The van der Waals surface area contributed by atoms with E-state index in [0.717, 1.165) is 29.4 Å². The Kier molecular flexibility index (Phi) is 13.2. The van der Waals surface area contributed by atoms with Crippen molar-refractivity contribution in [3.63, 3.8) is 0 Å². The second-order valence-corrected chi connectivity index (χ2v) is 7.67. The van der Waals surface area contributed by atoms with Gasteiger partial charge in [0.1, 0.15) is 11.7 Å². The van der Waals surface area contributed by atoms with Crippen molar-refractivity contribution in [3.8, 4) is 0 Å². The van der Waals surface area contributed by atoms with Gasteiger partial charge in [-0.25, -0.2) is 8.78 Å². The molecule has 0 atom stereocenters. The predicted molar refractivity (Wildman–Crippen MR) is 138 cm³/mol. The Morgan fingerprint density at radius 2 is 1.71 bits per heavy atom. The zero-order valence-electron chi connectivity index (χ0n) is 20.6. The molecule has 1 rings (SSSR count). The molecule has 0 aromatic heterocycles. The molecule has 0 unspecified atom stereocenters. The van der Waals surface area contributed by atoms with Gasteiger partial charge in [0.15, 0.2) is 0 Å². The summed E-state index contributed by atoms with van der Waals surface area (Å²) in [5.74, 6) is -2.19. The molecule has 0 spiro atoms. The molecule has 2 N–H and O–H groups in total. The number of amides is 2. The lowest BCUT2D eigenvalue weighted by Gasteiger charge is -2.17. The number of hydrogen-bond acceptors (Lipinski definition) is 3. The van der Waals surface area contributed by atoms with E-state index in [1.165, 1.54) is 11.0 Å². The summed E-state index contributed by atoms with van der Waals surface area (Å²) in [5.41, 5.74) is 2.75. The first kappa shape index (κ1) is 29.2. The third-order valence-electron chi connectivity index (χ3n) is 4.90. The molecule has 0 saturated heterocycles. The predicted octanol–water partition coefficient (Wildman–Crippen LogP) is 6.10. The fourth-order valence-electron chi connectivity index (χ4n) is 2.74. The van der Waals surface area contributed by atoms with Gasteiger partial charge in [0.25, 0.3) is 0 Å². The normalized spacial score (nSPS) is 13.4. The molecule has 0 fully saturated rings. The molecule has 0 bridgehead atoms. The molecule has 0 saturated carbocycles. The zero-order chi connectivity index (χ0) is 26.2. The SMILES string of the molecule is C\C=C/C(F)=C\C(F)=C\CCC(=O)NCC(=O)N(C)/C(C)=C/C=C\C=C(/C)C(=N)c1ccccc1. The van der Waals surface area contributed by atoms with Crippen LogP contribution in [0.25, 0.3) is 0 Å². The Balaban J connectivity index is 2.50. The molecule has 0 aliphatic heterocycles. The molecule has 0 aliphatic carbocycles. The highest BCUT2D eigenvalue weighted by Gasteiger charge is 2.11. The number of hydrogen-bond donors (Lipinski definition) is 2. The van der Waals surface area contributed by atoms with Gasteiger partial charge in [-0.1, -0.05) is 54.6 Å². The van der Waals surface area contributed by atoms with Crippen molar-refractivity contribution < 1.29 is 18.4 Å². The minimum atomic E-state index is -0.764. The maximum absolute atomic E-state index is 13.5. The van der Waals surface area contributed by atoms with E-state index in [0.29, 0.717) is 11.4 Å². The van der Waals surface area contributed by atoms with Gasteiger partial charge in [-0.05, 0) is 56.6 Å². The summed E-state index contributed by atoms with van der Waals surface area (Å²) in [7, 11) is 1.60. The van der Waals surface area contributed by atoms with Crippen molar-refractivity contribution in [1.29, 1.82) is 5.41 Å². The number of allylic oxidation sites excluding steroid dienone is 12. The minimum absolute atomic E-state index is 0.0231. The molecule has 5 nitrogen and oxygen atoms in total. The van der Waals surface area contributed by atoms with Crippen LogP contribution < -0.4 is 5.32 Å². The van der Waals surface area contributed by atoms with E-state index >= 15 is 0 Å². The first-order valence-electron chi connectivity index (χ1n) is 11.2. The summed E-state index contributed by atoms with van der Waals surface area (Å²) in [6.07, 6.45) is 11.6. The minimum Gasteiger partial charge on any atom is -0.347 e. The highest BCUT2D eigenvalue weighted by atomic mass is 19.1. The van der Waals surface area contributed by atoms with Crippen LogP contribution in [0.15, 0.2) is 102 Å². The van der Waals surface area contributed by atoms with Crippen molar-refractivity contribution in [2.24, 2.45) is 0 Å². The van der Waals surface area contributed by atoms with Crippen LogP contribution in [0.5, 0.6) is 0 Å². The highest BCUT2D eigenvalue weighted by Crippen LogP contribution is 2.10. The lowest BCUT2D eigenvalue weighted by atomic mass is 10.0. The number of likely N-dealkylation sites (N-methyl/N-ethyl adjacent to an activating group) is 1. The largest absolute Gasteiger partial charge is 0.347 e. The first-order chi connectivity index (χ1) is 16.6. The maximum Gasteiger partial charge on any atom is 0.245 e. The zero-order valence-corrected chi connectivity index (χ0v) is 20.6. The third kappa shape index (κ3) is 11.7. The van der Waals surface area contributed by atoms with Crippen LogP contribution in [0, 0.1) is 5.41 Å². The average Bonchev–Trinajstić information content (AvgIpc) is 2.84. The Labute approximate surface area is 206 Å². The van der Waals surface area contributed by atoms with E-state index in [1.54, 1.807) is 39.1 Å². The van der Waals surface area contributed by atoms with Crippen molar-refractivity contribution in [1.82, 2.24) is 10.2 Å². The van der Waals surface area contributed by atoms with Gasteiger partial charge in [0, 0.05) is 25.2 Å². The lowest BCUT2D eigenvalue weighted by molar-refractivity contribution is -0.130. The number of nitrogens with one attached hydrogen (secondary N) is 2. The maximum atomic E-state index is 13.5. The van der Waals surface area contributed by atoms with Crippen molar-refractivity contribution >= 4 is 17.5 Å². The summed E-state index contributed by atoms with van der Waals surface area (Å²) in [4.78, 5) is 25.6. The van der Waals surface area contributed by atoms with Crippen molar-refractivity contribution in [2.45, 2.75) is 33.6 Å². The third-order valence-corrected chi connectivity index (χ3v) is 4.90. The van der Waals surface area contributed by atoms with Crippen molar-refractivity contribution in [3.05, 3.63) is 107 Å². The average molecular weight is 482 g/mol. The van der Waals surface area contributed by atoms with Crippen LogP contribution in [0.4, 0.5) is 8.78 Å². The topological polar surface area (TPSA) is 73.3 Å². The van der Waals surface area contributed by atoms with Crippen LogP contribution in [-0.4, -0.2) is 36.0 Å². The van der Waals surface area contributed by atoms with Crippen LogP contribution in [0.2, 0.25) is 0 Å². The van der Waals surface area contributed by atoms with Crippen molar-refractivity contribution in [2.75, 3.05) is 13.6 Å². The number of halogens is 2. The number of nitrogens with zero attached hydrogens (tertiary/aromatic N) is 1. The molecule has 0 aliphatic rings. The quantitative estimate of drug-likeness (QED) is 0.280. The van der Waals surface area contributed by atoms with Crippen LogP contribution >= 0.6 is 0 Å². The van der Waals surface area contributed by atoms with E-state index in [2.05, 4.69) is 5.32 Å². The summed E-state index contributed by atoms with van der Waals surface area (Å²) < 4.78 is 26.7. The molecule has 186 valence electrons. The van der Waals surface area contributed by atoms with E-state index < -0.39 is 17.6 Å². The number of benzene rings is 1. The highest BCUT2D eigenvalue weighted by molar-refractivity contribution is 6.10. The molecule has 1 aromatic carbocycles. The lowest BCUT2D eigenvalue weighted by Crippen LogP contribution is -2.37. The summed E-state index contributed by atoms with van der Waals surface area (Å²) in [5, 5.41) is 10.7. The Hall–Kier alpha value is -3.87. The summed E-state index contributed by atoms with van der Waals surface area (Å²) in [6.45, 7) is 5.05. The van der Waals surface area contributed by atoms with E-state index in [9.17, 15) is 18.4 Å². The second kappa shape index (κ2) is 15.9. The van der Waals surface area contributed by atoms with Gasteiger partial charge in [-0.2, -0.15) is 0 Å². The van der Waals surface area contributed by atoms with Gasteiger partial charge < -0.3 is 10.2 Å². The molecule has 35 heavy (non-hydrogen) atoms. The second-order valence-electron chi connectivity index (χ2n) is 7.67. The number of carbonyl (C=O) groups excluding carboxylic acids is 2. The first-order valence-corrected chi connectivity index (χ1v) is 11.2. The van der Waals surface area contributed by atoms with Crippen LogP contribution in [0.1, 0.15) is 39.2 Å². The Bertz CT molecular complexity index is 1060. The number of rotatable bonds is 12. The Morgan fingerprint density at radius 3 is 2.37 bits per heavy atom. The Morgan fingerprint density at radius 1 is 1.06 bits per heavy atom. The van der Waals surface area contributed by atoms with Gasteiger partial charge in [-0.15, -0.1) is 0 Å². The van der Waals surface area contributed by atoms with Gasteiger partial charge in [0.2, 0.25) is 11.8 Å².